The number of carbonyl (C=O) groups is 1. The number of carbonyl (C=O) groups excluding carboxylic acids is 1. The van der Waals surface area contributed by atoms with Gasteiger partial charge in [0.1, 0.15) is 0 Å². The van der Waals surface area contributed by atoms with Gasteiger partial charge in [-0.15, -0.1) is 0 Å². The van der Waals surface area contributed by atoms with Crippen LogP contribution in [0.2, 0.25) is 0 Å². The molecule has 2 aliphatic rings. The number of hydrogen-bond donors (Lipinski definition) is 1. The Morgan fingerprint density at radius 1 is 1.10 bits per heavy atom. The molecule has 0 radical (unpaired) electrons. The highest BCUT2D eigenvalue weighted by Gasteiger charge is 2.30. The van der Waals surface area contributed by atoms with Gasteiger partial charge in [-0.2, -0.15) is 0 Å². The van der Waals surface area contributed by atoms with Crippen LogP contribution in [0.4, 0.5) is 0 Å². The van der Waals surface area contributed by atoms with E-state index in [0.717, 1.165) is 57.4 Å². The van der Waals surface area contributed by atoms with Crippen molar-refractivity contribution in [1.29, 1.82) is 0 Å². The lowest BCUT2D eigenvalue weighted by Crippen LogP contribution is -2.46. The second-order valence-corrected chi connectivity index (χ2v) is 8.99. The van der Waals surface area contributed by atoms with Crippen molar-refractivity contribution in [2.45, 2.75) is 45.3 Å². The van der Waals surface area contributed by atoms with E-state index < -0.39 is 11.9 Å². The number of aromatic nitrogens is 2. The van der Waals surface area contributed by atoms with Gasteiger partial charge in [-0.05, 0) is 44.7 Å². The maximum absolute atomic E-state index is 12.8. The SMILES string of the molecule is CC1CCN(C(=O)C2CCN(CC(O)Cn3c(-c4ccccc4)noc3=O)CC2)CC1. The summed E-state index contributed by atoms with van der Waals surface area (Å²) in [6, 6.07) is 9.33. The summed E-state index contributed by atoms with van der Waals surface area (Å²) in [6.07, 6.45) is 3.11. The quantitative estimate of drug-likeness (QED) is 0.755. The van der Waals surface area contributed by atoms with Gasteiger partial charge in [0.05, 0.1) is 12.6 Å². The fourth-order valence-electron chi connectivity index (χ4n) is 4.64. The first kappa shape index (κ1) is 21.8. The van der Waals surface area contributed by atoms with Crippen molar-refractivity contribution in [2.24, 2.45) is 11.8 Å². The largest absolute Gasteiger partial charge is 0.441 e. The Morgan fingerprint density at radius 3 is 2.45 bits per heavy atom. The molecule has 0 saturated carbocycles. The maximum atomic E-state index is 12.8. The first-order valence-electron chi connectivity index (χ1n) is 11.3. The van der Waals surface area contributed by atoms with Crippen LogP contribution in [-0.4, -0.2) is 69.4 Å². The number of β-amino-alcohol motifs (C(OH)–C–C–N with tert-alkyl or cyclic N) is 1. The van der Waals surface area contributed by atoms with Crippen molar-refractivity contribution >= 4 is 5.91 Å². The highest BCUT2D eigenvalue weighted by atomic mass is 16.5. The van der Waals surface area contributed by atoms with Crippen LogP contribution in [-0.2, 0) is 11.3 Å². The van der Waals surface area contributed by atoms with E-state index in [1.807, 2.05) is 35.2 Å². The van der Waals surface area contributed by atoms with E-state index in [9.17, 15) is 14.7 Å². The molecule has 1 aromatic carbocycles. The van der Waals surface area contributed by atoms with Gasteiger partial charge < -0.3 is 14.9 Å². The summed E-state index contributed by atoms with van der Waals surface area (Å²) in [5.74, 6) is 0.957. The van der Waals surface area contributed by atoms with E-state index in [1.54, 1.807) is 0 Å². The smallest absolute Gasteiger partial charge is 0.390 e. The van der Waals surface area contributed by atoms with Crippen molar-refractivity contribution in [3.05, 3.63) is 40.9 Å². The van der Waals surface area contributed by atoms with E-state index in [2.05, 4.69) is 17.0 Å². The fourth-order valence-corrected chi connectivity index (χ4v) is 4.64. The van der Waals surface area contributed by atoms with Crippen molar-refractivity contribution in [3.63, 3.8) is 0 Å². The zero-order valence-corrected chi connectivity index (χ0v) is 18.2. The standard InChI is InChI=1S/C23H32N4O4/c1-17-7-13-26(14-8-17)22(29)19-9-11-25(12-10-19)15-20(28)16-27-21(24-31-23(27)30)18-5-3-2-4-6-18/h2-6,17,19-20,28H,7-16H2,1H3. The molecule has 31 heavy (non-hydrogen) atoms. The highest BCUT2D eigenvalue weighted by molar-refractivity contribution is 5.79. The molecule has 0 spiro atoms. The third kappa shape index (κ3) is 5.25. The monoisotopic (exact) mass is 428 g/mol. The summed E-state index contributed by atoms with van der Waals surface area (Å²) in [6.45, 7) is 6.16. The van der Waals surface area contributed by atoms with Gasteiger partial charge in [0.2, 0.25) is 5.91 Å². The molecule has 0 bridgehead atoms. The molecule has 1 aromatic heterocycles. The third-order valence-corrected chi connectivity index (χ3v) is 6.61. The normalized spacial score (nSPS) is 20.1. The van der Waals surface area contributed by atoms with Gasteiger partial charge in [0, 0.05) is 31.1 Å². The summed E-state index contributed by atoms with van der Waals surface area (Å²) in [7, 11) is 0. The Labute approximate surface area is 182 Å². The fraction of sp³-hybridized carbons (Fsp3) is 0.609. The van der Waals surface area contributed by atoms with Gasteiger partial charge in [-0.1, -0.05) is 42.4 Å². The Bertz CT molecular complexity index is 909. The molecule has 1 amide bonds. The van der Waals surface area contributed by atoms with Crippen LogP contribution >= 0.6 is 0 Å². The Morgan fingerprint density at radius 2 is 1.77 bits per heavy atom. The van der Waals surface area contributed by atoms with E-state index in [1.165, 1.54) is 4.57 Å². The van der Waals surface area contributed by atoms with E-state index in [4.69, 9.17) is 4.52 Å². The molecule has 8 nitrogen and oxygen atoms in total. The van der Waals surface area contributed by atoms with Crippen molar-refractivity contribution in [3.8, 4) is 11.4 Å². The van der Waals surface area contributed by atoms with Crippen molar-refractivity contribution in [1.82, 2.24) is 19.5 Å². The minimum Gasteiger partial charge on any atom is -0.390 e. The highest BCUT2D eigenvalue weighted by Crippen LogP contribution is 2.24. The van der Waals surface area contributed by atoms with Crippen LogP contribution in [0.1, 0.15) is 32.6 Å². The lowest BCUT2D eigenvalue weighted by atomic mass is 9.92. The van der Waals surface area contributed by atoms with Gasteiger partial charge in [0.25, 0.3) is 0 Å². The lowest BCUT2D eigenvalue weighted by Gasteiger charge is -2.37. The van der Waals surface area contributed by atoms with Crippen molar-refractivity contribution < 1.29 is 14.4 Å². The van der Waals surface area contributed by atoms with Gasteiger partial charge in [-0.3, -0.25) is 13.9 Å². The summed E-state index contributed by atoms with van der Waals surface area (Å²) in [5, 5.41) is 14.5. The van der Waals surface area contributed by atoms with Crippen LogP contribution in [0.15, 0.2) is 39.6 Å². The Hall–Kier alpha value is -2.45. The second kappa shape index (κ2) is 9.78. The number of aliphatic hydroxyl groups excluding tert-OH is 1. The predicted octanol–water partition coefficient (Wildman–Crippen LogP) is 1.83. The minimum atomic E-state index is -0.726. The molecule has 8 heteroatoms. The Balaban J connectivity index is 1.28. The third-order valence-electron chi connectivity index (χ3n) is 6.61. The molecule has 2 saturated heterocycles. The van der Waals surface area contributed by atoms with Crippen LogP contribution in [0.25, 0.3) is 11.4 Å². The molecule has 2 aromatic rings. The zero-order valence-electron chi connectivity index (χ0n) is 18.2. The molecule has 2 aliphatic heterocycles. The van der Waals surface area contributed by atoms with Crippen LogP contribution in [0, 0.1) is 11.8 Å². The average Bonchev–Trinajstić information content (AvgIpc) is 3.15. The molecular formula is C23H32N4O4. The molecule has 0 aliphatic carbocycles. The van der Waals surface area contributed by atoms with Crippen LogP contribution < -0.4 is 5.76 Å². The maximum Gasteiger partial charge on any atom is 0.441 e. The number of rotatable bonds is 6. The molecule has 1 N–H and O–H groups in total. The number of nitrogens with zero attached hydrogens (tertiary/aromatic N) is 4. The molecule has 2 fully saturated rings. The first-order chi connectivity index (χ1) is 15.0. The number of aliphatic hydroxyl groups is 1. The average molecular weight is 429 g/mol. The zero-order chi connectivity index (χ0) is 21.8. The van der Waals surface area contributed by atoms with Crippen LogP contribution in [0.5, 0.6) is 0 Å². The predicted molar refractivity (Wildman–Crippen MR) is 116 cm³/mol. The van der Waals surface area contributed by atoms with Gasteiger partial charge >= 0.3 is 5.76 Å². The second-order valence-electron chi connectivity index (χ2n) is 8.99. The number of hydrogen-bond acceptors (Lipinski definition) is 6. The summed E-state index contributed by atoms with van der Waals surface area (Å²) in [4.78, 5) is 29.1. The molecule has 3 heterocycles. The molecule has 168 valence electrons. The molecule has 4 rings (SSSR count). The molecule has 1 unspecified atom stereocenters. The van der Waals surface area contributed by atoms with E-state index in [-0.39, 0.29) is 12.5 Å². The number of amides is 1. The molecule has 1 atom stereocenters. The van der Waals surface area contributed by atoms with E-state index in [0.29, 0.717) is 24.2 Å². The Kier molecular flexibility index (Phi) is 6.87. The number of likely N-dealkylation sites (tertiary alicyclic amines) is 2. The molecular weight excluding hydrogens is 396 g/mol. The van der Waals surface area contributed by atoms with E-state index >= 15 is 0 Å². The summed E-state index contributed by atoms with van der Waals surface area (Å²) >= 11 is 0. The van der Waals surface area contributed by atoms with Gasteiger partial charge in [0.15, 0.2) is 5.82 Å². The van der Waals surface area contributed by atoms with Crippen LogP contribution in [0.3, 0.4) is 0 Å². The number of benzene rings is 1. The minimum absolute atomic E-state index is 0.0900. The topological polar surface area (TPSA) is 91.8 Å². The lowest BCUT2D eigenvalue weighted by molar-refractivity contribution is -0.138. The van der Waals surface area contributed by atoms with Crippen molar-refractivity contribution in [2.75, 3.05) is 32.7 Å². The number of piperidine rings is 2. The first-order valence-corrected chi connectivity index (χ1v) is 11.3. The summed E-state index contributed by atoms with van der Waals surface area (Å²) < 4.78 is 6.22. The van der Waals surface area contributed by atoms with Gasteiger partial charge in [-0.25, -0.2) is 4.79 Å². The summed E-state index contributed by atoms with van der Waals surface area (Å²) in [5.41, 5.74) is 0.770.